The van der Waals surface area contributed by atoms with Crippen LogP contribution < -0.4 is 20.7 Å². The summed E-state index contributed by atoms with van der Waals surface area (Å²) in [5.74, 6) is 0.779. The van der Waals surface area contributed by atoms with Gasteiger partial charge in [0.2, 0.25) is 0 Å². The number of carbonyl (C=O) groups excluding carboxylic acids is 1. The van der Waals surface area contributed by atoms with Crippen LogP contribution in [0.15, 0.2) is 30.3 Å². The number of fused-ring (bicyclic) bond motifs is 1. The second-order valence-electron chi connectivity index (χ2n) is 4.78. The van der Waals surface area contributed by atoms with Crippen molar-refractivity contribution in [2.24, 2.45) is 0 Å². The molecular formula is C15H17N3O2S. The number of hydrogen-bond donors (Lipinski definition) is 3. The standard InChI is InChI=1S/C15H17N3O2S/c1-20-12-4-2-10(3-5-12)7-17-14(19)13-6-11-8-16-9-18-15(11)21-13/h2-6,16,18H,7-9H2,1H3,(H,17,19). The molecule has 0 radical (unpaired) electrons. The van der Waals surface area contributed by atoms with Gasteiger partial charge in [-0.25, -0.2) is 0 Å². The molecule has 110 valence electrons. The molecule has 0 fully saturated rings. The summed E-state index contributed by atoms with van der Waals surface area (Å²) in [6.45, 7) is 2.07. The van der Waals surface area contributed by atoms with Gasteiger partial charge in [0, 0.05) is 18.7 Å². The second kappa shape index (κ2) is 6.15. The Morgan fingerprint density at radius 3 is 2.90 bits per heavy atom. The van der Waals surface area contributed by atoms with Gasteiger partial charge in [0.15, 0.2) is 0 Å². The van der Waals surface area contributed by atoms with Crippen molar-refractivity contribution in [3.63, 3.8) is 0 Å². The Morgan fingerprint density at radius 2 is 2.19 bits per heavy atom. The maximum Gasteiger partial charge on any atom is 0.261 e. The molecule has 1 aliphatic rings. The number of ether oxygens (including phenoxy) is 1. The predicted molar refractivity (Wildman–Crippen MR) is 83.8 cm³/mol. The van der Waals surface area contributed by atoms with Crippen LogP contribution in [-0.4, -0.2) is 19.7 Å². The molecule has 2 aromatic rings. The highest BCUT2D eigenvalue weighted by molar-refractivity contribution is 7.18. The van der Waals surface area contributed by atoms with Crippen molar-refractivity contribution in [2.45, 2.75) is 13.1 Å². The summed E-state index contributed by atoms with van der Waals surface area (Å²) in [7, 11) is 1.64. The van der Waals surface area contributed by atoms with Gasteiger partial charge in [-0.15, -0.1) is 11.3 Å². The Hall–Kier alpha value is -2.05. The Bertz CT molecular complexity index is 613. The molecule has 0 saturated carbocycles. The van der Waals surface area contributed by atoms with Crippen LogP contribution in [0.3, 0.4) is 0 Å². The number of benzene rings is 1. The summed E-state index contributed by atoms with van der Waals surface area (Å²) in [6, 6.07) is 9.62. The van der Waals surface area contributed by atoms with Gasteiger partial charge < -0.3 is 15.4 Å². The van der Waals surface area contributed by atoms with Gasteiger partial charge in [-0.2, -0.15) is 0 Å². The van der Waals surface area contributed by atoms with Crippen LogP contribution in [0, 0.1) is 0 Å². The van der Waals surface area contributed by atoms with E-state index >= 15 is 0 Å². The number of carbonyl (C=O) groups is 1. The fourth-order valence-corrected chi connectivity index (χ4v) is 3.17. The van der Waals surface area contributed by atoms with Crippen LogP contribution in [0.5, 0.6) is 5.75 Å². The summed E-state index contributed by atoms with van der Waals surface area (Å²) in [5.41, 5.74) is 2.20. The first kappa shape index (κ1) is 13.9. The third kappa shape index (κ3) is 3.17. The minimum Gasteiger partial charge on any atom is -0.497 e. The van der Waals surface area contributed by atoms with E-state index in [4.69, 9.17) is 4.74 Å². The van der Waals surface area contributed by atoms with E-state index < -0.39 is 0 Å². The fourth-order valence-electron chi connectivity index (χ4n) is 2.17. The molecule has 1 aromatic heterocycles. The number of amides is 1. The largest absolute Gasteiger partial charge is 0.497 e. The van der Waals surface area contributed by atoms with Crippen LogP contribution in [0.4, 0.5) is 5.00 Å². The Kier molecular flexibility index (Phi) is 4.08. The van der Waals surface area contributed by atoms with E-state index in [1.807, 2.05) is 30.3 Å². The summed E-state index contributed by atoms with van der Waals surface area (Å²) >= 11 is 1.50. The first-order valence-corrected chi connectivity index (χ1v) is 7.56. The van der Waals surface area contributed by atoms with Gasteiger partial charge in [-0.1, -0.05) is 12.1 Å². The van der Waals surface area contributed by atoms with Gasteiger partial charge in [-0.05, 0) is 23.8 Å². The fraction of sp³-hybridized carbons (Fsp3) is 0.267. The van der Waals surface area contributed by atoms with Crippen LogP contribution in [0.25, 0.3) is 0 Å². The SMILES string of the molecule is COc1ccc(CNC(=O)c2cc3c(s2)NCNC3)cc1. The third-order valence-electron chi connectivity index (χ3n) is 3.33. The Labute approximate surface area is 127 Å². The zero-order valence-electron chi connectivity index (χ0n) is 11.7. The van der Waals surface area contributed by atoms with E-state index in [0.717, 1.165) is 40.0 Å². The average Bonchev–Trinajstić information content (AvgIpc) is 2.97. The Balaban J connectivity index is 1.61. The summed E-state index contributed by atoms with van der Waals surface area (Å²) < 4.78 is 5.11. The highest BCUT2D eigenvalue weighted by atomic mass is 32.1. The van der Waals surface area contributed by atoms with E-state index in [2.05, 4.69) is 16.0 Å². The van der Waals surface area contributed by atoms with Crippen molar-refractivity contribution >= 4 is 22.2 Å². The summed E-state index contributed by atoms with van der Waals surface area (Å²) in [5, 5.41) is 10.5. The third-order valence-corrected chi connectivity index (χ3v) is 4.47. The predicted octanol–water partition coefficient (Wildman–Crippen LogP) is 2.16. The molecule has 3 N–H and O–H groups in total. The van der Waals surface area contributed by atoms with Gasteiger partial charge >= 0.3 is 0 Å². The van der Waals surface area contributed by atoms with E-state index in [1.165, 1.54) is 11.3 Å². The maximum absolute atomic E-state index is 12.2. The topological polar surface area (TPSA) is 62.4 Å². The lowest BCUT2D eigenvalue weighted by atomic mass is 10.2. The van der Waals surface area contributed by atoms with Crippen molar-refractivity contribution < 1.29 is 9.53 Å². The number of anilines is 1. The molecule has 0 aliphatic carbocycles. The quantitative estimate of drug-likeness (QED) is 0.810. The highest BCUT2D eigenvalue weighted by Gasteiger charge is 2.16. The lowest BCUT2D eigenvalue weighted by Crippen LogP contribution is -2.26. The zero-order chi connectivity index (χ0) is 14.7. The van der Waals surface area contributed by atoms with Crippen LogP contribution >= 0.6 is 11.3 Å². The first-order valence-electron chi connectivity index (χ1n) is 6.74. The van der Waals surface area contributed by atoms with Crippen molar-refractivity contribution in [2.75, 3.05) is 19.1 Å². The monoisotopic (exact) mass is 303 g/mol. The molecule has 0 bridgehead atoms. The molecule has 6 heteroatoms. The molecule has 21 heavy (non-hydrogen) atoms. The van der Waals surface area contributed by atoms with Crippen LogP contribution in [0.1, 0.15) is 20.8 Å². The number of thiophene rings is 1. The van der Waals surface area contributed by atoms with Gasteiger partial charge in [0.1, 0.15) is 5.75 Å². The second-order valence-corrected chi connectivity index (χ2v) is 5.83. The van der Waals surface area contributed by atoms with E-state index in [0.29, 0.717) is 6.54 Å². The molecule has 1 aliphatic heterocycles. The van der Waals surface area contributed by atoms with Crippen LogP contribution in [-0.2, 0) is 13.1 Å². The zero-order valence-corrected chi connectivity index (χ0v) is 12.5. The molecule has 2 heterocycles. The number of rotatable bonds is 4. The summed E-state index contributed by atoms with van der Waals surface area (Å²) in [6.07, 6.45) is 0. The minimum absolute atomic E-state index is 0.0352. The number of hydrogen-bond acceptors (Lipinski definition) is 5. The molecular weight excluding hydrogens is 286 g/mol. The highest BCUT2D eigenvalue weighted by Crippen LogP contribution is 2.29. The van der Waals surface area contributed by atoms with Crippen molar-refractivity contribution in [3.8, 4) is 5.75 Å². The smallest absolute Gasteiger partial charge is 0.261 e. The molecule has 3 rings (SSSR count). The van der Waals surface area contributed by atoms with Gasteiger partial charge in [0.05, 0.1) is 23.7 Å². The van der Waals surface area contributed by atoms with Crippen LogP contribution in [0.2, 0.25) is 0 Å². The number of nitrogens with one attached hydrogen (secondary N) is 3. The minimum atomic E-state index is -0.0352. The summed E-state index contributed by atoms with van der Waals surface area (Å²) in [4.78, 5) is 12.9. The van der Waals surface area contributed by atoms with Crippen molar-refractivity contribution in [3.05, 3.63) is 46.3 Å². The number of methoxy groups -OCH3 is 1. The van der Waals surface area contributed by atoms with Crippen molar-refractivity contribution in [1.29, 1.82) is 0 Å². The molecule has 0 spiro atoms. The lowest BCUT2D eigenvalue weighted by molar-refractivity contribution is 0.0955. The van der Waals surface area contributed by atoms with E-state index in [9.17, 15) is 4.79 Å². The molecule has 0 saturated heterocycles. The molecule has 5 nitrogen and oxygen atoms in total. The molecule has 1 amide bonds. The van der Waals surface area contributed by atoms with Gasteiger partial charge in [-0.3, -0.25) is 10.1 Å². The molecule has 1 aromatic carbocycles. The average molecular weight is 303 g/mol. The first-order chi connectivity index (χ1) is 10.3. The molecule has 0 atom stereocenters. The normalized spacial score (nSPS) is 13.2. The maximum atomic E-state index is 12.2. The Morgan fingerprint density at radius 1 is 1.38 bits per heavy atom. The lowest BCUT2D eigenvalue weighted by Gasteiger charge is -2.13. The van der Waals surface area contributed by atoms with Gasteiger partial charge in [0.25, 0.3) is 5.91 Å². The van der Waals surface area contributed by atoms with E-state index in [-0.39, 0.29) is 5.91 Å². The molecule has 0 unspecified atom stereocenters. The van der Waals surface area contributed by atoms with Crippen molar-refractivity contribution in [1.82, 2.24) is 10.6 Å². The van der Waals surface area contributed by atoms with E-state index in [1.54, 1.807) is 7.11 Å².